The quantitative estimate of drug-likeness (QED) is 0.461. The predicted molar refractivity (Wildman–Crippen MR) is 105 cm³/mol. The third-order valence-electron chi connectivity index (χ3n) is 4.79. The van der Waals surface area contributed by atoms with Crippen LogP contribution in [0.4, 0.5) is 8.78 Å². The molecule has 2 aromatic carbocycles. The Labute approximate surface area is 167 Å². The van der Waals surface area contributed by atoms with E-state index < -0.39 is 0 Å². The minimum Gasteiger partial charge on any atom is -0.265 e. The molecule has 0 amide bonds. The Morgan fingerprint density at radius 1 is 0.793 bits per heavy atom. The van der Waals surface area contributed by atoms with Crippen LogP contribution in [-0.2, 0) is 6.54 Å². The van der Waals surface area contributed by atoms with Crippen LogP contribution < -0.4 is 0 Å². The molecule has 0 N–H and O–H groups in total. The van der Waals surface area contributed by atoms with Crippen molar-refractivity contribution in [1.82, 2.24) is 25.2 Å². The number of benzene rings is 2. The van der Waals surface area contributed by atoms with Crippen LogP contribution in [0, 0.1) is 11.6 Å². The highest BCUT2D eigenvalue weighted by Gasteiger charge is 2.15. The van der Waals surface area contributed by atoms with E-state index in [9.17, 15) is 8.78 Å². The lowest BCUT2D eigenvalue weighted by Crippen LogP contribution is -2.07. The maximum Gasteiger partial charge on any atom is 0.205 e. The van der Waals surface area contributed by atoms with Crippen LogP contribution in [-0.4, -0.2) is 25.2 Å². The molecule has 0 aliphatic heterocycles. The van der Waals surface area contributed by atoms with E-state index in [1.54, 1.807) is 41.5 Å². The zero-order valence-corrected chi connectivity index (χ0v) is 15.6. The number of hydrogen-bond donors (Lipinski definition) is 0. The zero-order valence-electron chi connectivity index (χ0n) is 15.6. The number of tetrazole rings is 1. The topological polar surface area (TPSA) is 56.5 Å². The summed E-state index contributed by atoms with van der Waals surface area (Å²) in [5, 5.41) is 12.6. The number of nitrogens with zero attached hydrogens (tertiary/aromatic N) is 5. The number of halogens is 2. The van der Waals surface area contributed by atoms with Crippen LogP contribution in [0.5, 0.6) is 0 Å². The van der Waals surface area contributed by atoms with Crippen LogP contribution in [0.15, 0.2) is 73.1 Å². The molecule has 0 unspecified atom stereocenters. The summed E-state index contributed by atoms with van der Waals surface area (Å²) in [5.74, 6) is 0.0320. The standard InChI is InChI=1S/C22H19F2N5/c23-19-7-3-16(4-8-19)21(17-5-9-20(24)10-6-17)2-1-15-29-27-22(26-28-29)18-11-13-25-14-12-18/h3-14,21H,1-2,15H2. The highest BCUT2D eigenvalue weighted by atomic mass is 19.1. The summed E-state index contributed by atoms with van der Waals surface area (Å²) in [6.07, 6.45) is 4.94. The van der Waals surface area contributed by atoms with E-state index in [2.05, 4.69) is 20.4 Å². The Morgan fingerprint density at radius 2 is 1.38 bits per heavy atom. The van der Waals surface area contributed by atoms with Gasteiger partial charge in [0.25, 0.3) is 0 Å². The second-order valence-electron chi connectivity index (χ2n) is 6.74. The van der Waals surface area contributed by atoms with E-state index in [4.69, 9.17) is 0 Å². The lowest BCUT2D eigenvalue weighted by atomic mass is 9.87. The summed E-state index contributed by atoms with van der Waals surface area (Å²) in [7, 11) is 0. The van der Waals surface area contributed by atoms with Crippen LogP contribution in [0.1, 0.15) is 29.9 Å². The Bertz CT molecular complexity index is 1000. The first-order valence-electron chi connectivity index (χ1n) is 9.38. The molecule has 0 aliphatic rings. The minimum atomic E-state index is -0.276. The van der Waals surface area contributed by atoms with Gasteiger partial charge < -0.3 is 0 Å². The summed E-state index contributed by atoms with van der Waals surface area (Å²) in [6, 6.07) is 16.6. The molecule has 29 heavy (non-hydrogen) atoms. The number of aryl methyl sites for hydroxylation is 1. The molecule has 0 saturated carbocycles. The van der Waals surface area contributed by atoms with Crippen molar-refractivity contribution in [1.29, 1.82) is 0 Å². The smallest absolute Gasteiger partial charge is 0.205 e. The maximum atomic E-state index is 13.3. The lowest BCUT2D eigenvalue weighted by molar-refractivity contribution is 0.477. The van der Waals surface area contributed by atoms with Crippen molar-refractivity contribution in [3.05, 3.63) is 95.8 Å². The summed E-state index contributed by atoms with van der Waals surface area (Å²) in [4.78, 5) is 5.56. The minimum absolute atomic E-state index is 0.0272. The molecule has 4 aromatic rings. The molecule has 0 saturated heterocycles. The lowest BCUT2D eigenvalue weighted by Gasteiger charge is -2.18. The van der Waals surface area contributed by atoms with Gasteiger partial charge in [0.2, 0.25) is 5.82 Å². The van der Waals surface area contributed by atoms with Gasteiger partial charge in [0.15, 0.2) is 0 Å². The molecular weight excluding hydrogens is 372 g/mol. The summed E-state index contributed by atoms with van der Waals surface area (Å²) in [6.45, 7) is 0.594. The van der Waals surface area contributed by atoms with Gasteiger partial charge in [-0.2, -0.15) is 4.80 Å². The van der Waals surface area contributed by atoms with Gasteiger partial charge in [-0.05, 0) is 65.6 Å². The maximum absolute atomic E-state index is 13.3. The van der Waals surface area contributed by atoms with Crippen LogP contribution >= 0.6 is 0 Å². The fourth-order valence-corrected chi connectivity index (χ4v) is 3.31. The van der Waals surface area contributed by atoms with Gasteiger partial charge in [0.1, 0.15) is 11.6 Å². The van der Waals surface area contributed by atoms with Crippen molar-refractivity contribution in [2.24, 2.45) is 0 Å². The van der Waals surface area contributed by atoms with E-state index in [1.807, 2.05) is 12.1 Å². The van der Waals surface area contributed by atoms with Gasteiger partial charge in [-0.3, -0.25) is 4.98 Å². The number of hydrogen-bond acceptors (Lipinski definition) is 4. The van der Waals surface area contributed by atoms with Gasteiger partial charge >= 0.3 is 0 Å². The van der Waals surface area contributed by atoms with Crippen molar-refractivity contribution in [2.75, 3.05) is 0 Å². The van der Waals surface area contributed by atoms with E-state index >= 15 is 0 Å². The summed E-state index contributed by atoms with van der Waals surface area (Å²) >= 11 is 0. The molecule has 2 aromatic heterocycles. The Balaban J connectivity index is 1.46. The van der Waals surface area contributed by atoms with E-state index in [1.165, 1.54) is 24.3 Å². The van der Waals surface area contributed by atoms with E-state index in [0.29, 0.717) is 12.4 Å². The molecule has 4 rings (SSSR count). The van der Waals surface area contributed by atoms with Crippen LogP contribution in [0.2, 0.25) is 0 Å². The molecule has 7 heteroatoms. The summed E-state index contributed by atoms with van der Waals surface area (Å²) < 4.78 is 26.7. The van der Waals surface area contributed by atoms with Crippen molar-refractivity contribution >= 4 is 0 Å². The van der Waals surface area contributed by atoms with E-state index in [-0.39, 0.29) is 17.6 Å². The fraction of sp³-hybridized carbons (Fsp3) is 0.182. The van der Waals surface area contributed by atoms with Crippen molar-refractivity contribution in [2.45, 2.75) is 25.3 Å². The normalized spacial score (nSPS) is 11.1. The molecule has 0 radical (unpaired) electrons. The van der Waals surface area contributed by atoms with E-state index in [0.717, 1.165) is 29.5 Å². The third-order valence-corrected chi connectivity index (χ3v) is 4.79. The van der Waals surface area contributed by atoms with Gasteiger partial charge in [0, 0.05) is 23.9 Å². The first-order valence-corrected chi connectivity index (χ1v) is 9.38. The van der Waals surface area contributed by atoms with Gasteiger partial charge in [0.05, 0.1) is 6.54 Å². The van der Waals surface area contributed by atoms with Crippen molar-refractivity contribution < 1.29 is 8.78 Å². The molecule has 0 fully saturated rings. The molecule has 0 bridgehead atoms. The SMILES string of the molecule is Fc1ccc(C(CCCn2nnc(-c3ccncc3)n2)c2ccc(F)cc2)cc1. The van der Waals surface area contributed by atoms with Gasteiger partial charge in [-0.15, -0.1) is 10.2 Å². The number of pyridine rings is 1. The summed E-state index contributed by atoms with van der Waals surface area (Å²) in [5.41, 5.74) is 2.84. The fourth-order valence-electron chi connectivity index (χ4n) is 3.31. The molecule has 146 valence electrons. The molecule has 0 aliphatic carbocycles. The molecule has 0 atom stereocenters. The van der Waals surface area contributed by atoms with Gasteiger partial charge in [-0.25, -0.2) is 8.78 Å². The average molecular weight is 391 g/mol. The monoisotopic (exact) mass is 391 g/mol. The Hall–Kier alpha value is -3.48. The highest BCUT2D eigenvalue weighted by Crippen LogP contribution is 2.30. The number of aromatic nitrogens is 5. The third kappa shape index (κ3) is 4.68. The molecule has 5 nitrogen and oxygen atoms in total. The second kappa shape index (κ2) is 8.68. The van der Waals surface area contributed by atoms with Crippen LogP contribution in [0.25, 0.3) is 11.4 Å². The first-order chi connectivity index (χ1) is 14.2. The van der Waals surface area contributed by atoms with Crippen LogP contribution in [0.3, 0.4) is 0 Å². The van der Waals surface area contributed by atoms with Crippen molar-refractivity contribution in [3.63, 3.8) is 0 Å². The van der Waals surface area contributed by atoms with Gasteiger partial charge in [-0.1, -0.05) is 24.3 Å². The molecule has 0 spiro atoms. The largest absolute Gasteiger partial charge is 0.265 e. The molecule has 2 heterocycles. The predicted octanol–water partition coefficient (Wildman–Crippen LogP) is 4.63. The van der Waals surface area contributed by atoms with Crippen molar-refractivity contribution in [3.8, 4) is 11.4 Å². The highest BCUT2D eigenvalue weighted by molar-refractivity contribution is 5.51. The Morgan fingerprint density at radius 3 is 1.97 bits per heavy atom. The first kappa shape index (κ1) is 18.9. The second-order valence-corrected chi connectivity index (χ2v) is 6.74. The number of rotatable bonds is 7. The Kier molecular flexibility index (Phi) is 5.65. The zero-order chi connectivity index (χ0) is 20.1. The molecular formula is C22H19F2N5. The average Bonchev–Trinajstić information content (AvgIpc) is 3.23.